The van der Waals surface area contributed by atoms with Crippen LogP contribution in [0.2, 0.25) is 0 Å². The summed E-state index contributed by atoms with van der Waals surface area (Å²) < 4.78 is 11.9. The Morgan fingerprint density at radius 3 is 1.56 bits per heavy atom. The first-order valence-electron chi connectivity index (χ1n) is 10.4. The highest BCUT2D eigenvalue weighted by Gasteiger charge is 2.09. The second kappa shape index (κ2) is 9.47. The van der Waals surface area contributed by atoms with Crippen LogP contribution in [0.3, 0.4) is 0 Å². The molecule has 0 bridgehead atoms. The van der Waals surface area contributed by atoms with E-state index in [1.54, 1.807) is 0 Å². The molecule has 8 nitrogen and oxygen atoms in total. The maximum absolute atomic E-state index is 5.95. The molecule has 2 aromatic carbocycles. The summed E-state index contributed by atoms with van der Waals surface area (Å²) in [5.41, 5.74) is 15.0. The summed E-state index contributed by atoms with van der Waals surface area (Å²) in [4.78, 5) is 9.48. The van der Waals surface area contributed by atoms with Gasteiger partial charge in [0.2, 0.25) is 0 Å². The number of rotatable bonds is 9. The molecule has 0 saturated heterocycles. The third kappa shape index (κ3) is 4.69. The molecule has 0 unspecified atom stereocenters. The average Bonchev–Trinajstić information content (AvgIpc) is 3.39. The van der Waals surface area contributed by atoms with E-state index in [1.807, 2.05) is 48.5 Å². The van der Waals surface area contributed by atoms with Gasteiger partial charge in [-0.15, -0.1) is 0 Å². The number of aryl methyl sites for hydroxylation is 2. The Kier molecular flexibility index (Phi) is 6.30. The van der Waals surface area contributed by atoms with Crippen LogP contribution in [0.25, 0.3) is 21.9 Å². The van der Waals surface area contributed by atoms with Gasteiger partial charge in [0.05, 0.1) is 0 Å². The molecule has 0 amide bonds. The molecule has 2 aromatic heterocycles. The number of nitrogens with two attached hydrogens (primary N) is 2. The summed E-state index contributed by atoms with van der Waals surface area (Å²) in [5.74, 6) is 2.57. The zero-order valence-electron chi connectivity index (χ0n) is 18.1. The molecule has 8 heteroatoms. The minimum absolute atomic E-state index is 0.337. The zero-order chi connectivity index (χ0) is 22.5. The lowest BCUT2D eigenvalue weighted by molar-refractivity contribution is 0.213. The summed E-state index contributed by atoms with van der Waals surface area (Å²) in [6, 6.07) is 15.5. The average molecular weight is 434 g/mol. The van der Waals surface area contributed by atoms with Crippen molar-refractivity contribution >= 4 is 33.6 Å². The fourth-order valence-electron chi connectivity index (χ4n) is 3.66. The maximum Gasteiger partial charge on any atom is 0.170 e. The van der Waals surface area contributed by atoms with Gasteiger partial charge in [-0.3, -0.25) is 0 Å². The minimum atomic E-state index is 0.337. The number of hydrogen-bond donors (Lipinski definition) is 2. The number of amidine groups is 2. The molecule has 0 atom stereocenters. The lowest BCUT2D eigenvalue weighted by atomic mass is 10.1. The Morgan fingerprint density at radius 2 is 1.16 bits per heavy atom. The first kappa shape index (κ1) is 21.3. The molecule has 0 saturated carbocycles. The van der Waals surface area contributed by atoms with Crippen molar-refractivity contribution in [2.75, 3.05) is 14.2 Å². The van der Waals surface area contributed by atoms with Crippen molar-refractivity contribution < 1.29 is 18.5 Å². The van der Waals surface area contributed by atoms with Gasteiger partial charge in [0, 0.05) is 34.7 Å². The van der Waals surface area contributed by atoms with Gasteiger partial charge in [0.15, 0.2) is 11.7 Å². The summed E-state index contributed by atoms with van der Waals surface area (Å²) in [6.45, 7) is 0. The highest BCUT2D eigenvalue weighted by atomic mass is 16.6. The molecule has 4 aromatic rings. The predicted molar refractivity (Wildman–Crippen MR) is 125 cm³/mol. The van der Waals surface area contributed by atoms with Crippen LogP contribution in [0.15, 0.2) is 67.7 Å². The van der Waals surface area contributed by atoms with E-state index in [4.69, 9.17) is 30.0 Å². The van der Waals surface area contributed by atoms with Crippen molar-refractivity contribution in [3.05, 3.63) is 71.2 Å². The molecule has 4 rings (SSSR count). The predicted octanol–water partition coefficient (Wildman–Crippen LogP) is 4.28. The molecule has 0 fully saturated rings. The summed E-state index contributed by atoms with van der Waals surface area (Å²) in [5, 5.41) is 9.54. The second-order valence-corrected chi connectivity index (χ2v) is 7.46. The maximum atomic E-state index is 5.95. The van der Waals surface area contributed by atoms with E-state index in [2.05, 4.69) is 10.3 Å². The Morgan fingerprint density at radius 1 is 0.719 bits per heavy atom. The van der Waals surface area contributed by atoms with Gasteiger partial charge in [0.25, 0.3) is 0 Å². The number of oxime groups is 2. The number of benzene rings is 2. The van der Waals surface area contributed by atoms with Crippen molar-refractivity contribution in [1.82, 2.24) is 0 Å². The monoisotopic (exact) mass is 434 g/mol. The standard InChI is InChI=1S/C24H26N4O4/c1-29-27-23(25)15-7-9-21-17(11-15)13-19(31-21)5-3-4-6-20-14-18-12-16(24(26)28-30-2)8-10-22(18)32-20/h7-14H,3-6H2,1-2H3,(H2,25,27)(H2,26,28). The third-order valence-corrected chi connectivity index (χ3v) is 5.20. The largest absolute Gasteiger partial charge is 0.461 e. The van der Waals surface area contributed by atoms with Crippen molar-refractivity contribution in [3.8, 4) is 0 Å². The van der Waals surface area contributed by atoms with E-state index >= 15 is 0 Å². The Bertz CT molecular complexity index is 1190. The number of fused-ring (bicyclic) bond motifs is 2. The normalized spacial score (nSPS) is 12.6. The van der Waals surface area contributed by atoms with Crippen LogP contribution < -0.4 is 11.5 Å². The third-order valence-electron chi connectivity index (χ3n) is 5.20. The van der Waals surface area contributed by atoms with Crippen LogP contribution in [0.1, 0.15) is 35.5 Å². The van der Waals surface area contributed by atoms with Crippen molar-refractivity contribution in [1.29, 1.82) is 0 Å². The lowest BCUT2D eigenvalue weighted by Crippen LogP contribution is -2.13. The Labute approximate surface area is 185 Å². The van der Waals surface area contributed by atoms with E-state index < -0.39 is 0 Å². The van der Waals surface area contributed by atoms with E-state index in [1.165, 1.54) is 14.2 Å². The highest BCUT2D eigenvalue weighted by Crippen LogP contribution is 2.24. The van der Waals surface area contributed by atoms with E-state index in [9.17, 15) is 0 Å². The van der Waals surface area contributed by atoms with Gasteiger partial charge in [-0.2, -0.15) is 0 Å². The van der Waals surface area contributed by atoms with Crippen molar-refractivity contribution in [2.45, 2.75) is 25.7 Å². The zero-order valence-corrected chi connectivity index (χ0v) is 18.1. The SMILES string of the molecule is CON=C(N)c1ccc2oc(CCCCc3cc4cc(C(N)=NOC)ccc4o3)cc2c1. The van der Waals surface area contributed by atoms with Crippen molar-refractivity contribution in [3.63, 3.8) is 0 Å². The van der Waals surface area contributed by atoms with Gasteiger partial charge < -0.3 is 30.0 Å². The van der Waals surface area contributed by atoms with E-state index in [-0.39, 0.29) is 0 Å². The molecule has 4 N–H and O–H groups in total. The molecular weight excluding hydrogens is 408 g/mol. The molecule has 32 heavy (non-hydrogen) atoms. The molecule has 0 aliphatic rings. The molecule has 0 radical (unpaired) electrons. The van der Waals surface area contributed by atoms with Gasteiger partial charge in [-0.25, -0.2) is 0 Å². The summed E-state index contributed by atoms with van der Waals surface area (Å²) in [6.07, 6.45) is 3.66. The van der Waals surface area contributed by atoms with Gasteiger partial charge in [-0.05, 0) is 61.4 Å². The summed E-state index contributed by atoms with van der Waals surface area (Å²) >= 11 is 0. The Balaban J connectivity index is 1.35. The topological polar surface area (TPSA) is 122 Å². The van der Waals surface area contributed by atoms with Gasteiger partial charge >= 0.3 is 0 Å². The fraction of sp³-hybridized carbons (Fsp3) is 0.250. The number of hydrogen-bond acceptors (Lipinski definition) is 6. The van der Waals surface area contributed by atoms with Crippen molar-refractivity contribution in [2.24, 2.45) is 21.8 Å². The molecule has 0 aliphatic carbocycles. The lowest BCUT2D eigenvalue weighted by Gasteiger charge is -1.98. The highest BCUT2D eigenvalue weighted by molar-refractivity contribution is 6.00. The molecule has 0 spiro atoms. The summed E-state index contributed by atoms with van der Waals surface area (Å²) in [7, 11) is 2.94. The van der Waals surface area contributed by atoms with Crippen LogP contribution in [0.4, 0.5) is 0 Å². The fourth-order valence-corrected chi connectivity index (χ4v) is 3.66. The Hall–Kier alpha value is -3.94. The van der Waals surface area contributed by atoms with E-state index in [0.717, 1.165) is 70.3 Å². The minimum Gasteiger partial charge on any atom is -0.461 e. The van der Waals surface area contributed by atoms with Crippen LogP contribution >= 0.6 is 0 Å². The second-order valence-electron chi connectivity index (χ2n) is 7.46. The quantitative estimate of drug-likeness (QED) is 0.175. The van der Waals surface area contributed by atoms with E-state index in [0.29, 0.717) is 11.7 Å². The first-order valence-corrected chi connectivity index (χ1v) is 10.4. The first-order chi connectivity index (χ1) is 15.6. The van der Waals surface area contributed by atoms with Gasteiger partial charge in [-0.1, -0.05) is 10.3 Å². The molecule has 166 valence electrons. The number of furan rings is 2. The van der Waals surface area contributed by atoms with Gasteiger partial charge in [0.1, 0.15) is 36.9 Å². The van der Waals surface area contributed by atoms with Crippen LogP contribution in [0.5, 0.6) is 0 Å². The van der Waals surface area contributed by atoms with Crippen LogP contribution in [-0.2, 0) is 22.5 Å². The molecule has 2 heterocycles. The van der Waals surface area contributed by atoms with Crippen LogP contribution in [0, 0.1) is 0 Å². The number of unbranched alkanes of at least 4 members (excludes halogenated alkanes) is 1. The molecule has 0 aliphatic heterocycles. The number of nitrogens with zero attached hydrogens (tertiary/aromatic N) is 2. The van der Waals surface area contributed by atoms with Crippen LogP contribution in [-0.4, -0.2) is 25.9 Å². The molecular formula is C24H26N4O4. The smallest absolute Gasteiger partial charge is 0.170 e.